The monoisotopic (exact) mass is 356 g/mol. The van der Waals surface area contributed by atoms with Crippen LogP contribution in [0.4, 0.5) is 0 Å². The number of benzene rings is 1. The maximum atomic E-state index is 4.52. The van der Waals surface area contributed by atoms with Crippen LogP contribution in [0.5, 0.6) is 0 Å². The quantitative estimate of drug-likeness (QED) is 0.427. The summed E-state index contributed by atoms with van der Waals surface area (Å²) in [5.74, 6) is 1.10. The third kappa shape index (κ3) is 5.27. The molecular formula is C20H28N4S. The first-order valence-electron chi connectivity index (χ1n) is 9.17. The Morgan fingerprint density at radius 2 is 1.88 bits per heavy atom. The molecule has 0 amide bonds. The van der Waals surface area contributed by atoms with Crippen molar-refractivity contribution in [1.82, 2.24) is 19.8 Å². The predicted molar refractivity (Wildman–Crippen MR) is 105 cm³/mol. The van der Waals surface area contributed by atoms with Gasteiger partial charge < -0.3 is 0 Å². The summed E-state index contributed by atoms with van der Waals surface area (Å²) in [7, 11) is 2.22. The van der Waals surface area contributed by atoms with E-state index in [-0.39, 0.29) is 0 Å². The molecule has 1 aliphatic heterocycles. The molecule has 2 heterocycles. The zero-order valence-electron chi connectivity index (χ0n) is 15.3. The van der Waals surface area contributed by atoms with E-state index in [9.17, 15) is 0 Å². The molecule has 1 aromatic heterocycles. The molecule has 1 aliphatic rings. The van der Waals surface area contributed by atoms with Crippen LogP contribution in [0.1, 0.15) is 36.9 Å². The summed E-state index contributed by atoms with van der Waals surface area (Å²) < 4.78 is 0. The lowest BCUT2D eigenvalue weighted by atomic mass is 10.0. The van der Waals surface area contributed by atoms with Crippen LogP contribution in [0.25, 0.3) is 0 Å². The molecule has 1 unspecified atom stereocenters. The lowest BCUT2D eigenvalue weighted by Crippen LogP contribution is -2.46. The zero-order chi connectivity index (χ0) is 17.5. The summed E-state index contributed by atoms with van der Waals surface area (Å²) in [5.41, 5.74) is 2.60. The number of nitrogens with zero attached hydrogens (tertiary/aromatic N) is 4. The highest BCUT2D eigenvalue weighted by Gasteiger charge is 2.25. The van der Waals surface area contributed by atoms with Crippen LogP contribution in [-0.2, 0) is 6.54 Å². The average molecular weight is 357 g/mol. The van der Waals surface area contributed by atoms with E-state index in [0.29, 0.717) is 6.04 Å². The second-order valence-electron chi connectivity index (χ2n) is 6.72. The molecule has 0 bridgehead atoms. The van der Waals surface area contributed by atoms with E-state index in [4.69, 9.17) is 0 Å². The summed E-state index contributed by atoms with van der Waals surface area (Å²) in [5, 5.41) is 0.901. The van der Waals surface area contributed by atoms with Gasteiger partial charge in [-0.05, 0) is 19.0 Å². The van der Waals surface area contributed by atoms with Gasteiger partial charge in [0.1, 0.15) is 0 Å². The molecule has 25 heavy (non-hydrogen) atoms. The maximum absolute atomic E-state index is 4.52. The SMILES string of the molecule is CCCCSc1ncc(CN2CCN(C)C(c3ccccc3)C2)cn1. The van der Waals surface area contributed by atoms with Gasteiger partial charge in [0.25, 0.3) is 0 Å². The first-order valence-corrected chi connectivity index (χ1v) is 10.2. The molecule has 4 nitrogen and oxygen atoms in total. The predicted octanol–water partition coefficient (Wildman–Crippen LogP) is 3.86. The van der Waals surface area contributed by atoms with E-state index in [1.54, 1.807) is 11.8 Å². The summed E-state index contributed by atoms with van der Waals surface area (Å²) in [4.78, 5) is 14.0. The second-order valence-corrected chi connectivity index (χ2v) is 7.78. The minimum absolute atomic E-state index is 0.458. The smallest absolute Gasteiger partial charge is 0.187 e. The highest BCUT2D eigenvalue weighted by Crippen LogP contribution is 2.24. The molecule has 1 fully saturated rings. The number of thioether (sulfide) groups is 1. The van der Waals surface area contributed by atoms with Crippen LogP contribution >= 0.6 is 11.8 Å². The van der Waals surface area contributed by atoms with Crippen LogP contribution in [0.15, 0.2) is 47.9 Å². The molecule has 0 spiro atoms. The third-order valence-corrected chi connectivity index (χ3v) is 5.70. The van der Waals surface area contributed by atoms with E-state index < -0.39 is 0 Å². The van der Waals surface area contributed by atoms with Gasteiger partial charge in [0.15, 0.2) is 5.16 Å². The van der Waals surface area contributed by atoms with Crippen molar-refractivity contribution in [3.8, 4) is 0 Å². The number of piperazine rings is 1. The fraction of sp³-hybridized carbons (Fsp3) is 0.500. The van der Waals surface area contributed by atoms with E-state index in [1.165, 1.54) is 24.0 Å². The Morgan fingerprint density at radius 1 is 1.12 bits per heavy atom. The summed E-state index contributed by atoms with van der Waals surface area (Å²) in [6.45, 7) is 6.37. The molecule has 0 radical (unpaired) electrons. The van der Waals surface area contributed by atoms with E-state index in [2.05, 4.69) is 64.1 Å². The fourth-order valence-corrected chi connectivity index (χ4v) is 4.04. The number of hydrogen-bond acceptors (Lipinski definition) is 5. The zero-order valence-corrected chi connectivity index (χ0v) is 16.1. The first kappa shape index (κ1) is 18.4. The van der Waals surface area contributed by atoms with Crippen LogP contribution < -0.4 is 0 Å². The molecule has 0 saturated carbocycles. The molecule has 0 aliphatic carbocycles. The van der Waals surface area contributed by atoms with Crippen LogP contribution in [0.2, 0.25) is 0 Å². The molecule has 0 N–H and O–H groups in total. The molecular weight excluding hydrogens is 328 g/mol. The van der Waals surface area contributed by atoms with Crippen LogP contribution in [0, 0.1) is 0 Å². The van der Waals surface area contributed by atoms with Crippen molar-refractivity contribution >= 4 is 11.8 Å². The van der Waals surface area contributed by atoms with Crippen molar-refractivity contribution in [3.63, 3.8) is 0 Å². The molecule has 1 aromatic carbocycles. The van der Waals surface area contributed by atoms with Crippen LogP contribution in [0.3, 0.4) is 0 Å². The van der Waals surface area contributed by atoms with Crippen molar-refractivity contribution in [3.05, 3.63) is 53.9 Å². The molecule has 1 saturated heterocycles. The highest BCUT2D eigenvalue weighted by molar-refractivity contribution is 7.99. The fourth-order valence-electron chi connectivity index (χ4n) is 3.17. The number of aromatic nitrogens is 2. The Hall–Kier alpha value is -1.43. The van der Waals surface area contributed by atoms with Gasteiger partial charge in [-0.15, -0.1) is 0 Å². The minimum Gasteiger partial charge on any atom is -0.297 e. The molecule has 5 heteroatoms. The Kier molecular flexibility index (Phi) is 6.84. The largest absolute Gasteiger partial charge is 0.297 e. The van der Waals surface area contributed by atoms with Crippen molar-refractivity contribution < 1.29 is 0 Å². The van der Waals surface area contributed by atoms with Gasteiger partial charge in [-0.2, -0.15) is 0 Å². The van der Waals surface area contributed by atoms with Gasteiger partial charge in [0.05, 0.1) is 0 Å². The Morgan fingerprint density at radius 3 is 2.60 bits per heavy atom. The van der Waals surface area contributed by atoms with Gasteiger partial charge in [0, 0.05) is 55.9 Å². The number of likely N-dealkylation sites (N-methyl/N-ethyl adjacent to an activating group) is 1. The Balaban J connectivity index is 1.57. The number of rotatable bonds is 7. The normalized spacial score (nSPS) is 19.2. The van der Waals surface area contributed by atoms with Crippen LogP contribution in [-0.4, -0.2) is 52.2 Å². The van der Waals surface area contributed by atoms with Crippen molar-refractivity contribution in [2.24, 2.45) is 0 Å². The summed E-state index contributed by atoms with van der Waals surface area (Å²) in [6, 6.07) is 11.3. The highest BCUT2D eigenvalue weighted by atomic mass is 32.2. The van der Waals surface area contributed by atoms with Crippen molar-refractivity contribution in [1.29, 1.82) is 0 Å². The summed E-state index contributed by atoms with van der Waals surface area (Å²) in [6.07, 6.45) is 6.43. The molecule has 3 rings (SSSR count). The summed E-state index contributed by atoms with van der Waals surface area (Å²) >= 11 is 1.76. The Bertz CT molecular complexity index is 632. The number of hydrogen-bond donors (Lipinski definition) is 0. The lowest BCUT2D eigenvalue weighted by molar-refractivity contribution is 0.0903. The minimum atomic E-state index is 0.458. The van der Waals surface area contributed by atoms with Gasteiger partial charge >= 0.3 is 0 Å². The topological polar surface area (TPSA) is 32.3 Å². The molecule has 1 atom stereocenters. The van der Waals surface area contributed by atoms with E-state index in [1.807, 2.05) is 12.4 Å². The van der Waals surface area contributed by atoms with Crippen molar-refractivity contribution in [2.45, 2.75) is 37.5 Å². The maximum Gasteiger partial charge on any atom is 0.187 e. The van der Waals surface area contributed by atoms with E-state index >= 15 is 0 Å². The first-order chi connectivity index (χ1) is 12.3. The lowest BCUT2D eigenvalue weighted by Gasteiger charge is -2.39. The second kappa shape index (κ2) is 9.32. The van der Waals surface area contributed by atoms with Gasteiger partial charge in [0.2, 0.25) is 0 Å². The standard InChI is InChI=1S/C20H28N4S/c1-3-4-12-25-20-21-13-17(14-22-20)15-24-11-10-23(2)19(16-24)18-8-6-5-7-9-18/h5-9,13-14,19H,3-4,10-12,15-16H2,1-2H3. The molecule has 134 valence electrons. The Labute approximate surface area is 155 Å². The molecule has 2 aromatic rings. The third-order valence-electron chi connectivity index (χ3n) is 4.73. The van der Waals surface area contributed by atoms with Gasteiger partial charge in [-0.1, -0.05) is 55.4 Å². The van der Waals surface area contributed by atoms with Gasteiger partial charge in [-0.3, -0.25) is 9.80 Å². The average Bonchev–Trinajstić information content (AvgIpc) is 2.66. The number of unbranched alkanes of at least 4 members (excludes halogenated alkanes) is 1. The van der Waals surface area contributed by atoms with Gasteiger partial charge in [-0.25, -0.2) is 9.97 Å². The van der Waals surface area contributed by atoms with E-state index in [0.717, 1.165) is 37.1 Å². The van der Waals surface area contributed by atoms with Crippen molar-refractivity contribution in [2.75, 3.05) is 32.4 Å².